The number of benzene rings is 1. The van der Waals surface area contributed by atoms with Crippen molar-refractivity contribution in [2.75, 3.05) is 33.3 Å². The Morgan fingerprint density at radius 1 is 1.26 bits per heavy atom. The minimum atomic E-state index is -3.29. The summed E-state index contributed by atoms with van der Waals surface area (Å²) < 4.78 is 60.7. The molecule has 4 rings (SSSR count). The minimum absolute atomic E-state index is 0.0364. The molecule has 0 aliphatic carbocycles. The van der Waals surface area contributed by atoms with Gasteiger partial charge in [-0.05, 0) is 18.2 Å². The second-order valence-electron chi connectivity index (χ2n) is 7.70. The molecule has 1 aromatic carbocycles. The number of hydrogen-bond acceptors (Lipinski definition) is 9. The lowest BCUT2D eigenvalue weighted by Crippen LogP contribution is -2.35. The van der Waals surface area contributed by atoms with Crippen LogP contribution < -0.4 is 20.5 Å². The van der Waals surface area contributed by atoms with Crippen LogP contribution in [-0.2, 0) is 20.8 Å². The van der Waals surface area contributed by atoms with Gasteiger partial charge in [0.05, 0.1) is 26.9 Å². The molecule has 0 bridgehead atoms. The van der Waals surface area contributed by atoms with Crippen molar-refractivity contribution in [3.8, 4) is 11.5 Å². The number of methoxy groups -OCH3 is 3. The Morgan fingerprint density at radius 2 is 2.06 bits per heavy atom. The first-order valence-corrected chi connectivity index (χ1v) is 10.4. The highest BCUT2D eigenvalue weighted by Gasteiger charge is 2.51. The van der Waals surface area contributed by atoms with Gasteiger partial charge in [0.1, 0.15) is 17.3 Å². The normalized spacial score (nSPS) is 19.0. The zero-order valence-corrected chi connectivity index (χ0v) is 19.1. The van der Waals surface area contributed by atoms with E-state index in [4.69, 9.17) is 28.1 Å². The Bertz CT molecular complexity index is 1280. The van der Waals surface area contributed by atoms with E-state index in [-0.39, 0.29) is 19.0 Å². The van der Waals surface area contributed by atoms with Gasteiger partial charge in [-0.2, -0.15) is 4.98 Å². The Kier molecular flexibility index (Phi) is 6.89. The summed E-state index contributed by atoms with van der Waals surface area (Å²) >= 11 is 0. The number of hydrogen-bond donors (Lipinski definition) is 1. The fourth-order valence-corrected chi connectivity index (χ4v) is 3.71. The summed E-state index contributed by atoms with van der Waals surface area (Å²) in [6.45, 7) is -0.266. The van der Waals surface area contributed by atoms with Crippen LogP contribution in [0.5, 0.6) is 11.5 Å². The van der Waals surface area contributed by atoms with E-state index in [9.17, 15) is 18.4 Å². The van der Waals surface area contributed by atoms with Gasteiger partial charge in [0.25, 0.3) is 5.92 Å². The van der Waals surface area contributed by atoms with Crippen LogP contribution in [0.3, 0.4) is 0 Å². The van der Waals surface area contributed by atoms with Crippen LogP contribution in [0, 0.1) is 0 Å². The molecule has 35 heavy (non-hydrogen) atoms. The average Bonchev–Trinajstić information content (AvgIpc) is 3.36. The first-order chi connectivity index (χ1) is 16.7. The highest BCUT2D eigenvalue weighted by Crippen LogP contribution is 2.41. The summed E-state index contributed by atoms with van der Waals surface area (Å²) in [5.74, 6) is -2.12. The molecule has 0 spiro atoms. The van der Waals surface area contributed by atoms with E-state index in [2.05, 4.69) is 10.3 Å². The van der Waals surface area contributed by atoms with Crippen LogP contribution >= 0.6 is 0 Å². The van der Waals surface area contributed by atoms with Crippen LogP contribution in [-0.4, -0.2) is 55.6 Å². The molecule has 1 aliphatic rings. The first-order valence-electron chi connectivity index (χ1n) is 10.4. The molecule has 0 radical (unpaired) electrons. The standard InChI is InChI=1S/C22H23F2N3O8/c1-30-10-15-9-22(23,24)19(35-15)27-5-4-17(25-20(27)28)26-21(29)33-11-14-7-12-6-13(31-2)8-16(32-3)18(12)34-14/h4-8,15,19H,9-11H2,1-3H3,(H,25,26,28,29)/t15?,19-/m1/s1. The van der Waals surface area contributed by atoms with Crippen LogP contribution in [0.1, 0.15) is 18.4 Å². The van der Waals surface area contributed by atoms with E-state index in [0.717, 1.165) is 6.20 Å². The number of rotatable bonds is 8. The summed E-state index contributed by atoms with van der Waals surface area (Å²) in [4.78, 5) is 28.1. The fraction of sp³-hybridized carbons (Fsp3) is 0.409. The topological polar surface area (TPSA) is 123 Å². The molecule has 2 aromatic heterocycles. The summed E-state index contributed by atoms with van der Waals surface area (Å²) in [7, 11) is 4.37. The second kappa shape index (κ2) is 9.88. The molecule has 11 nitrogen and oxygen atoms in total. The van der Waals surface area contributed by atoms with Crippen LogP contribution in [0.4, 0.5) is 19.4 Å². The zero-order chi connectivity index (χ0) is 25.2. The molecular weight excluding hydrogens is 472 g/mol. The highest BCUT2D eigenvalue weighted by molar-refractivity contribution is 5.86. The second-order valence-corrected chi connectivity index (χ2v) is 7.70. The van der Waals surface area contributed by atoms with E-state index in [1.807, 2.05) is 0 Å². The molecule has 1 amide bonds. The maximum atomic E-state index is 14.3. The lowest BCUT2D eigenvalue weighted by atomic mass is 10.2. The maximum absolute atomic E-state index is 14.3. The van der Waals surface area contributed by atoms with Crippen molar-refractivity contribution in [2.24, 2.45) is 0 Å². The van der Waals surface area contributed by atoms with Crippen molar-refractivity contribution in [2.45, 2.75) is 31.3 Å². The number of carbonyl (C=O) groups excluding carboxylic acids is 1. The number of nitrogens with zero attached hydrogens (tertiary/aromatic N) is 2. The van der Waals surface area contributed by atoms with Gasteiger partial charge in [-0.1, -0.05) is 0 Å². The quantitative estimate of drug-likeness (QED) is 0.501. The summed E-state index contributed by atoms with van der Waals surface area (Å²) in [5.41, 5.74) is -0.569. The van der Waals surface area contributed by atoms with E-state index in [0.29, 0.717) is 32.8 Å². The molecule has 1 fully saturated rings. The molecule has 1 saturated heterocycles. The SMILES string of the molecule is COCC1CC(F)(F)[C@H](n2ccc(NC(=O)OCc3cc4cc(OC)cc(OC)c4o3)nc2=O)O1. The predicted molar refractivity (Wildman–Crippen MR) is 117 cm³/mol. The van der Waals surface area contributed by atoms with Crippen molar-refractivity contribution in [3.05, 3.63) is 46.7 Å². The monoisotopic (exact) mass is 495 g/mol. The molecule has 1 aliphatic heterocycles. The van der Waals surface area contributed by atoms with Gasteiger partial charge in [-0.25, -0.2) is 18.4 Å². The number of aromatic nitrogens is 2. The summed E-state index contributed by atoms with van der Waals surface area (Å²) in [6, 6.07) is 6.23. The third kappa shape index (κ3) is 5.20. The number of ether oxygens (including phenoxy) is 5. The van der Waals surface area contributed by atoms with Gasteiger partial charge in [-0.3, -0.25) is 9.88 Å². The zero-order valence-electron chi connectivity index (χ0n) is 19.1. The van der Waals surface area contributed by atoms with Crippen LogP contribution in [0.25, 0.3) is 11.0 Å². The Labute approximate surface area is 197 Å². The van der Waals surface area contributed by atoms with Crippen molar-refractivity contribution in [1.82, 2.24) is 9.55 Å². The van der Waals surface area contributed by atoms with E-state index < -0.39 is 36.5 Å². The van der Waals surface area contributed by atoms with E-state index >= 15 is 0 Å². The van der Waals surface area contributed by atoms with Gasteiger partial charge < -0.3 is 28.1 Å². The molecule has 1 N–H and O–H groups in total. The average molecular weight is 495 g/mol. The van der Waals surface area contributed by atoms with Gasteiger partial charge in [0.2, 0.25) is 6.23 Å². The molecule has 1 unspecified atom stereocenters. The van der Waals surface area contributed by atoms with Gasteiger partial charge in [0, 0.05) is 31.2 Å². The molecule has 3 heterocycles. The van der Waals surface area contributed by atoms with Gasteiger partial charge >= 0.3 is 11.8 Å². The number of halogens is 2. The van der Waals surface area contributed by atoms with Gasteiger partial charge in [-0.15, -0.1) is 0 Å². The number of alkyl halides is 2. The molecule has 188 valence electrons. The third-order valence-electron chi connectivity index (χ3n) is 5.26. The predicted octanol–water partition coefficient (Wildman–Crippen LogP) is 3.32. The Hall–Kier alpha value is -3.71. The molecule has 2 atom stereocenters. The molecule has 0 saturated carbocycles. The Morgan fingerprint density at radius 3 is 2.74 bits per heavy atom. The largest absolute Gasteiger partial charge is 0.497 e. The maximum Gasteiger partial charge on any atom is 0.413 e. The van der Waals surface area contributed by atoms with Crippen LogP contribution in [0.2, 0.25) is 0 Å². The minimum Gasteiger partial charge on any atom is -0.497 e. The van der Waals surface area contributed by atoms with Crippen molar-refractivity contribution in [1.29, 1.82) is 0 Å². The van der Waals surface area contributed by atoms with E-state index in [1.54, 1.807) is 18.2 Å². The fourth-order valence-electron chi connectivity index (χ4n) is 3.71. The lowest BCUT2D eigenvalue weighted by molar-refractivity contribution is -0.121. The smallest absolute Gasteiger partial charge is 0.413 e. The first kappa shape index (κ1) is 24.4. The number of anilines is 1. The van der Waals surface area contributed by atoms with E-state index in [1.165, 1.54) is 27.4 Å². The summed E-state index contributed by atoms with van der Waals surface area (Å²) in [5, 5.41) is 2.96. The summed E-state index contributed by atoms with van der Waals surface area (Å²) in [6.07, 6.45) is -3.14. The van der Waals surface area contributed by atoms with Crippen molar-refractivity contribution in [3.63, 3.8) is 0 Å². The number of furan rings is 1. The molecule has 13 heteroatoms. The van der Waals surface area contributed by atoms with Crippen molar-refractivity contribution >= 4 is 22.9 Å². The van der Waals surface area contributed by atoms with Gasteiger partial charge in [0.15, 0.2) is 17.9 Å². The number of amides is 1. The highest BCUT2D eigenvalue weighted by atomic mass is 19.3. The Balaban J connectivity index is 1.40. The lowest BCUT2D eigenvalue weighted by Gasteiger charge is -2.19. The third-order valence-corrected chi connectivity index (χ3v) is 5.26. The number of fused-ring (bicyclic) bond motifs is 1. The number of nitrogens with one attached hydrogen (secondary N) is 1. The van der Waals surface area contributed by atoms with Crippen molar-refractivity contribution < 1.29 is 41.7 Å². The molecular formula is C22H23F2N3O8. The molecule has 3 aromatic rings. The number of carbonyl (C=O) groups is 1. The van der Waals surface area contributed by atoms with Crippen LogP contribution in [0.15, 0.2) is 39.7 Å².